The van der Waals surface area contributed by atoms with Crippen LogP contribution in [0.2, 0.25) is 0 Å². The van der Waals surface area contributed by atoms with Crippen LogP contribution in [0.4, 0.5) is 0 Å². The van der Waals surface area contributed by atoms with E-state index < -0.39 is 60.0 Å². The number of aliphatic hydroxyl groups excluding tert-OH is 4. The lowest BCUT2D eigenvalue weighted by atomic mass is 9.87. The first kappa shape index (κ1) is 29.1. The Bertz CT molecular complexity index is 574. The van der Waals surface area contributed by atoms with Crippen molar-refractivity contribution in [2.24, 2.45) is 10.8 Å². The fourth-order valence-electron chi connectivity index (χ4n) is 1.83. The molecule has 0 aromatic carbocycles. The van der Waals surface area contributed by atoms with E-state index in [-0.39, 0.29) is 38.3 Å². The zero-order valence-corrected chi connectivity index (χ0v) is 18.9. The molecule has 0 aromatic heterocycles. The molecule has 2 unspecified atom stereocenters. The summed E-state index contributed by atoms with van der Waals surface area (Å²) in [6.45, 7) is 4.92. The average Bonchev–Trinajstić information content (AvgIpc) is 2.72. The van der Waals surface area contributed by atoms with Crippen LogP contribution < -0.4 is 10.6 Å². The van der Waals surface area contributed by atoms with Gasteiger partial charge in [0.2, 0.25) is 11.8 Å². The van der Waals surface area contributed by atoms with Gasteiger partial charge in [-0.25, -0.2) is 0 Å². The van der Waals surface area contributed by atoms with Crippen LogP contribution in [0.15, 0.2) is 0 Å². The molecule has 0 heterocycles. The van der Waals surface area contributed by atoms with Gasteiger partial charge in [-0.05, 0) is 0 Å². The Balaban J connectivity index is 4.01. The quantitative estimate of drug-likeness (QED) is 0.161. The first-order chi connectivity index (χ1) is 14.3. The van der Waals surface area contributed by atoms with E-state index in [1.807, 2.05) is 0 Å². The van der Waals surface area contributed by atoms with Crippen molar-refractivity contribution in [3.8, 4) is 0 Å². The molecule has 2 atom stereocenters. The van der Waals surface area contributed by atoms with Crippen molar-refractivity contribution in [2.45, 2.75) is 52.7 Å². The van der Waals surface area contributed by atoms with Crippen LogP contribution in [-0.4, -0.2) is 82.7 Å². The molecular formula is C18H32N2O10S. The third-order valence-electron chi connectivity index (χ3n) is 4.30. The Hall–Kier alpha value is -1.93. The van der Waals surface area contributed by atoms with Gasteiger partial charge >= 0.3 is 11.9 Å². The van der Waals surface area contributed by atoms with Crippen LogP contribution in [0.3, 0.4) is 0 Å². The zero-order valence-electron chi connectivity index (χ0n) is 18.0. The summed E-state index contributed by atoms with van der Waals surface area (Å²) >= 11 is 0.126. The van der Waals surface area contributed by atoms with E-state index in [9.17, 15) is 29.4 Å². The molecule has 0 aromatic rings. The van der Waals surface area contributed by atoms with Crippen molar-refractivity contribution in [1.29, 1.82) is 0 Å². The highest BCUT2D eigenvalue weighted by atomic mass is 32.2. The molecule has 0 saturated heterocycles. The van der Waals surface area contributed by atoms with Crippen LogP contribution in [-0.2, 0) is 27.5 Å². The normalized spacial score (nSPS) is 13.7. The fraction of sp³-hybridized carbons (Fsp3) is 0.778. The second kappa shape index (κ2) is 13.5. The van der Waals surface area contributed by atoms with Crippen molar-refractivity contribution in [2.75, 3.05) is 26.3 Å². The van der Waals surface area contributed by atoms with E-state index in [1.165, 1.54) is 27.7 Å². The minimum Gasteiger partial charge on any atom is -0.396 e. The summed E-state index contributed by atoms with van der Waals surface area (Å²) in [7, 11) is 0. The topological polar surface area (TPSA) is 192 Å². The van der Waals surface area contributed by atoms with Crippen LogP contribution >= 0.6 is 12.3 Å². The van der Waals surface area contributed by atoms with E-state index in [2.05, 4.69) is 19.0 Å². The number of carbonyl (C=O) groups is 4. The molecule has 6 N–H and O–H groups in total. The number of aliphatic hydroxyl groups is 4. The van der Waals surface area contributed by atoms with Crippen molar-refractivity contribution >= 4 is 36.1 Å². The molecule has 13 heteroatoms. The van der Waals surface area contributed by atoms with Gasteiger partial charge in [-0.1, -0.05) is 27.7 Å². The van der Waals surface area contributed by atoms with Crippen molar-refractivity contribution in [1.82, 2.24) is 10.6 Å². The Labute approximate surface area is 185 Å². The molecule has 0 saturated carbocycles. The summed E-state index contributed by atoms with van der Waals surface area (Å²) in [5, 5.41) is 42.5. The molecule has 2 amide bonds. The van der Waals surface area contributed by atoms with E-state index in [1.54, 1.807) is 0 Å². The zero-order chi connectivity index (χ0) is 24.2. The number of rotatable bonds is 14. The minimum atomic E-state index is -1.46. The third-order valence-corrected chi connectivity index (χ3v) is 4.81. The molecule has 0 fully saturated rings. The lowest BCUT2D eigenvalue weighted by molar-refractivity contribution is -0.138. The van der Waals surface area contributed by atoms with Gasteiger partial charge in [0.1, 0.15) is 12.2 Å². The summed E-state index contributed by atoms with van der Waals surface area (Å²) in [6, 6.07) is 0. The molecular weight excluding hydrogens is 436 g/mol. The minimum absolute atomic E-state index is 0.126. The molecule has 0 rings (SSSR count). The van der Waals surface area contributed by atoms with E-state index >= 15 is 0 Å². The van der Waals surface area contributed by atoms with Crippen LogP contribution in [0.25, 0.3) is 0 Å². The van der Waals surface area contributed by atoms with Gasteiger partial charge in [0, 0.05) is 23.9 Å². The van der Waals surface area contributed by atoms with Gasteiger partial charge in [0.15, 0.2) is 0 Å². The largest absolute Gasteiger partial charge is 0.396 e. The summed E-state index contributed by atoms with van der Waals surface area (Å²) in [4.78, 5) is 46.6. The Morgan fingerprint density at radius 3 is 1.39 bits per heavy atom. The summed E-state index contributed by atoms with van der Waals surface area (Å²) in [5.41, 5.74) is -2.08. The maximum absolute atomic E-state index is 11.7. The maximum Gasteiger partial charge on any atom is 0.322 e. The molecule has 0 bridgehead atoms. The highest BCUT2D eigenvalue weighted by molar-refractivity contribution is 7.90. The maximum atomic E-state index is 11.7. The van der Waals surface area contributed by atoms with Gasteiger partial charge < -0.3 is 39.4 Å². The summed E-state index contributed by atoms with van der Waals surface area (Å²) in [5.74, 6) is -3.09. The van der Waals surface area contributed by atoms with Gasteiger partial charge in [-0.15, -0.1) is 0 Å². The van der Waals surface area contributed by atoms with Crippen molar-refractivity contribution < 1.29 is 48.0 Å². The number of carbonyl (C=O) groups excluding carboxylic acids is 4. The molecule has 0 radical (unpaired) electrons. The predicted octanol–water partition coefficient (Wildman–Crippen LogP) is -1.59. The van der Waals surface area contributed by atoms with Crippen molar-refractivity contribution in [3.05, 3.63) is 0 Å². The molecule has 31 heavy (non-hydrogen) atoms. The molecule has 0 aliphatic heterocycles. The van der Waals surface area contributed by atoms with Gasteiger partial charge in [-0.2, -0.15) is 0 Å². The molecule has 0 aliphatic carbocycles. The second-order valence-electron chi connectivity index (χ2n) is 8.16. The van der Waals surface area contributed by atoms with Gasteiger partial charge in [0.05, 0.1) is 26.1 Å². The number of hydrogen-bond acceptors (Lipinski definition) is 11. The highest BCUT2D eigenvalue weighted by Gasteiger charge is 2.33. The highest BCUT2D eigenvalue weighted by Crippen LogP contribution is 2.20. The van der Waals surface area contributed by atoms with E-state index in [0.29, 0.717) is 0 Å². The van der Waals surface area contributed by atoms with Gasteiger partial charge in [0.25, 0.3) is 12.3 Å². The first-order valence-electron chi connectivity index (χ1n) is 9.48. The summed E-state index contributed by atoms with van der Waals surface area (Å²) in [6.07, 6.45) is -3.42. The number of nitrogens with one attached hydrogen (secondary N) is 2. The standard InChI is InChI=1S/C18H32N2O10S/c1-17(2,9-21)13(25)15(27)19-7-5-11(23)29-31-30-12(24)6-8-20-16(28)14(26)18(3,4)10-22/h13-14,21-22,25-26H,5-10H2,1-4H3,(H,19,27)(H,20,28). The SMILES string of the molecule is CC(C)(CO)C(O)C(=O)NCCC(=O)OSOC(=O)CCNC(=O)C(O)C(C)(C)CO. The smallest absolute Gasteiger partial charge is 0.322 e. The molecule has 180 valence electrons. The predicted molar refractivity (Wildman–Crippen MR) is 109 cm³/mol. The fourth-order valence-corrected chi connectivity index (χ4v) is 2.18. The monoisotopic (exact) mass is 468 g/mol. The lowest BCUT2D eigenvalue weighted by Gasteiger charge is -2.27. The third kappa shape index (κ3) is 10.8. The Morgan fingerprint density at radius 2 is 1.10 bits per heavy atom. The van der Waals surface area contributed by atoms with Crippen LogP contribution in [0.5, 0.6) is 0 Å². The lowest BCUT2D eigenvalue weighted by Crippen LogP contribution is -2.46. The Kier molecular flexibility index (Phi) is 12.6. The molecule has 0 spiro atoms. The second-order valence-corrected chi connectivity index (χ2v) is 8.63. The van der Waals surface area contributed by atoms with E-state index in [0.717, 1.165) is 0 Å². The van der Waals surface area contributed by atoms with Crippen LogP contribution in [0.1, 0.15) is 40.5 Å². The molecule has 12 nitrogen and oxygen atoms in total. The summed E-state index contributed by atoms with van der Waals surface area (Å²) < 4.78 is 9.19. The Morgan fingerprint density at radius 1 is 0.774 bits per heavy atom. The van der Waals surface area contributed by atoms with Crippen molar-refractivity contribution in [3.63, 3.8) is 0 Å². The number of amides is 2. The molecule has 0 aliphatic rings. The van der Waals surface area contributed by atoms with Gasteiger partial charge in [-0.3, -0.25) is 19.2 Å². The number of hydrogen-bond donors (Lipinski definition) is 6. The van der Waals surface area contributed by atoms with E-state index in [4.69, 9.17) is 10.2 Å². The average molecular weight is 469 g/mol. The van der Waals surface area contributed by atoms with Crippen LogP contribution in [0, 0.1) is 10.8 Å². The first-order valence-corrected chi connectivity index (χ1v) is 10.1.